The molecule has 0 rings (SSSR count). The highest BCUT2D eigenvalue weighted by molar-refractivity contribution is 5.25. The van der Waals surface area contributed by atoms with E-state index in [-0.39, 0.29) is 0 Å². The molecular weight excluding hydrogens is 493 g/mol. The van der Waals surface area contributed by atoms with Crippen molar-refractivity contribution >= 4 is 0 Å². The van der Waals surface area contributed by atoms with Crippen molar-refractivity contribution in [3.8, 4) is 0 Å². The minimum absolute atomic E-state index is 3.85. The Labute approximate surface area is 151 Å². The maximum Gasteiger partial charge on any atom is 0.460 e. The third-order valence-corrected chi connectivity index (χ3v) is 3.32. The van der Waals surface area contributed by atoms with Gasteiger partial charge in [-0.2, -0.15) is 70.2 Å². The van der Waals surface area contributed by atoms with Gasteiger partial charge in [0.15, 0.2) is 6.17 Å². The van der Waals surface area contributed by atoms with Gasteiger partial charge in [0.25, 0.3) is 5.67 Å². The van der Waals surface area contributed by atoms with E-state index in [0.29, 0.717) is 0 Å². The van der Waals surface area contributed by atoms with E-state index in [9.17, 15) is 83.4 Å². The number of hydrogen-bond acceptors (Lipinski definition) is 0. The topological polar surface area (TPSA) is 0 Å². The monoisotopic (exact) mass is 496 g/mol. The van der Waals surface area contributed by atoms with Crippen LogP contribution in [0.3, 0.4) is 0 Å². The number of hydrogen-bond donors (Lipinski definition) is 0. The van der Waals surface area contributed by atoms with Crippen LogP contribution in [0.25, 0.3) is 0 Å². The van der Waals surface area contributed by atoms with Gasteiger partial charge in [0.05, 0.1) is 6.42 Å². The maximum atomic E-state index is 14.0. The molecule has 180 valence electrons. The average molecular weight is 496 g/mol. The lowest BCUT2D eigenvalue weighted by Crippen LogP contribution is -2.72. The summed E-state index contributed by atoms with van der Waals surface area (Å²) in [4.78, 5) is 0. The number of rotatable bonds is 7. The van der Waals surface area contributed by atoms with Gasteiger partial charge >= 0.3 is 42.1 Å². The Hall–Kier alpha value is -1.59. The first kappa shape index (κ1) is 28.4. The van der Waals surface area contributed by atoms with Crippen molar-refractivity contribution < 1.29 is 83.4 Å². The van der Waals surface area contributed by atoms with E-state index in [4.69, 9.17) is 0 Å². The lowest BCUT2D eigenvalue weighted by molar-refractivity contribution is -0.433. The van der Waals surface area contributed by atoms with Gasteiger partial charge in [-0.15, -0.1) is 0 Å². The quantitative estimate of drug-likeness (QED) is 0.328. The van der Waals surface area contributed by atoms with Crippen molar-refractivity contribution in [1.82, 2.24) is 0 Å². The second-order valence-corrected chi connectivity index (χ2v) is 5.37. The van der Waals surface area contributed by atoms with E-state index in [1.165, 1.54) is 0 Å². The molecule has 0 fully saturated rings. The summed E-state index contributed by atoms with van der Waals surface area (Å²) < 4.78 is 241. The van der Waals surface area contributed by atoms with E-state index < -0.39 is 66.2 Å². The van der Waals surface area contributed by atoms with Crippen LogP contribution in [0.1, 0.15) is 6.42 Å². The van der Waals surface area contributed by atoms with Crippen molar-refractivity contribution in [2.24, 2.45) is 0 Å². The molecule has 2 atom stereocenters. The van der Waals surface area contributed by atoms with Crippen LogP contribution in [0.5, 0.6) is 0 Å². The van der Waals surface area contributed by atoms with Crippen molar-refractivity contribution in [3.63, 3.8) is 0 Å². The fourth-order valence-electron chi connectivity index (χ4n) is 1.75. The van der Waals surface area contributed by atoms with Gasteiger partial charge in [0.2, 0.25) is 5.83 Å². The van der Waals surface area contributed by atoms with Crippen LogP contribution in [-0.2, 0) is 0 Å². The second kappa shape index (κ2) is 7.52. The molecule has 0 aliphatic carbocycles. The van der Waals surface area contributed by atoms with Gasteiger partial charge in [-0.1, -0.05) is 0 Å². The van der Waals surface area contributed by atoms with E-state index in [1.54, 1.807) is 0 Å². The fraction of sp³-hybridized carbons (Fsp3) is 0.818. The Bertz CT molecular complexity index is 646. The smallest absolute Gasteiger partial charge is 0.243 e. The van der Waals surface area contributed by atoms with Gasteiger partial charge in [0, 0.05) is 0 Å². The molecule has 0 N–H and O–H groups in total. The standard InChI is InChI=1S/C11H3F19/c12-2(1-5(16,17)18)6(19,3(13)4(14)15)7(20,21)8(22,23)9(24,25)10(26,27)11(28,29)30/h2H,1H2. The highest BCUT2D eigenvalue weighted by Gasteiger charge is 2.91. The van der Waals surface area contributed by atoms with Crippen molar-refractivity contribution in [2.75, 3.05) is 0 Å². The first-order valence-electron chi connectivity index (χ1n) is 6.42. The zero-order valence-electron chi connectivity index (χ0n) is 13.0. The molecule has 0 aliphatic heterocycles. The van der Waals surface area contributed by atoms with Crippen LogP contribution >= 0.6 is 0 Å². The summed E-state index contributed by atoms with van der Waals surface area (Å²) in [7, 11) is 0. The summed E-state index contributed by atoms with van der Waals surface area (Å²) in [5, 5.41) is 0. The van der Waals surface area contributed by atoms with E-state index in [2.05, 4.69) is 0 Å². The summed E-state index contributed by atoms with van der Waals surface area (Å²) >= 11 is 0. The fourth-order valence-corrected chi connectivity index (χ4v) is 1.75. The van der Waals surface area contributed by atoms with Crippen molar-refractivity contribution in [2.45, 2.75) is 54.3 Å². The van der Waals surface area contributed by atoms with Gasteiger partial charge in [0.1, 0.15) is 0 Å². The number of alkyl halides is 16. The van der Waals surface area contributed by atoms with E-state index >= 15 is 0 Å². The van der Waals surface area contributed by atoms with Crippen LogP contribution in [0.4, 0.5) is 83.4 Å². The highest BCUT2D eigenvalue weighted by atomic mass is 19.4. The minimum Gasteiger partial charge on any atom is -0.243 e. The first-order valence-corrected chi connectivity index (χ1v) is 6.42. The third kappa shape index (κ3) is 4.11. The molecule has 0 aromatic carbocycles. The summed E-state index contributed by atoms with van der Waals surface area (Å²) in [6, 6.07) is 0. The molecule has 0 aliphatic rings. The number of allylic oxidation sites excluding steroid dienone is 1. The SMILES string of the molecule is FC(F)=C(F)C(F)(C(F)CC(F)(F)F)C(F)(F)C(F)(F)C(F)(F)C(F)(F)C(F)(F)F. The molecule has 0 nitrogen and oxygen atoms in total. The molecule has 0 aromatic rings. The Morgan fingerprint density at radius 3 is 1.13 bits per heavy atom. The van der Waals surface area contributed by atoms with Crippen LogP contribution in [0.2, 0.25) is 0 Å². The Morgan fingerprint density at radius 1 is 0.533 bits per heavy atom. The normalized spacial score (nSPS) is 18.1. The molecular formula is C11H3F19. The summed E-state index contributed by atoms with van der Waals surface area (Å²) in [6.07, 6.45) is -28.2. The molecule has 30 heavy (non-hydrogen) atoms. The molecule has 0 radical (unpaired) electrons. The van der Waals surface area contributed by atoms with Gasteiger partial charge in [-0.05, 0) is 0 Å². The molecule has 0 amide bonds. The summed E-state index contributed by atoms with van der Waals surface area (Å²) in [5.41, 5.74) is -7.46. The molecule has 0 bridgehead atoms. The largest absolute Gasteiger partial charge is 0.460 e. The Morgan fingerprint density at radius 2 is 0.867 bits per heavy atom. The number of halogens is 19. The van der Waals surface area contributed by atoms with Gasteiger partial charge in [-0.3, -0.25) is 0 Å². The predicted molar refractivity (Wildman–Crippen MR) is 55.6 cm³/mol. The third-order valence-electron chi connectivity index (χ3n) is 3.32. The van der Waals surface area contributed by atoms with Gasteiger partial charge in [-0.25, -0.2) is 13.2 Å². The molecule has 0 heterocycles. The molecule has 0 saturated carbocycles. The van der Waals surface area contributed by atoms with Crippen LogP contribution in [0.15, 0.2) is 11.9 Å². The highest BCUT2D eigenvalue weighted by Crippen LogP contribution is 2.62. The zero-order valence-corrected chi connectivity index (χ0v) is 13.0. The first-order chi connectivity index (χ1) is 12.7. The minimum atomic E-state index is -8.59. The maximum absolute atomic E-state index is 14.0. The van der Waals surface area contributed by atoms with Crippen LogP contribution in [-0.4, -0.2) is 47.9 Å². The predicted octanol–water partition coefficient (Wildman–Crippen LogP) is 7.17. The zero-order chi connectivity index (χ0) is 24.9. The van der Waals surface area contributed by atoms with Gasteiger partial charge < -0.3 is 0 Å². The van der Waals surface area contributed by atoms with Crippen molar-refractivity contribution in [1.29, 1.82) is 0 Å². The Balaban J connectivity index is 7.01. The molecule has 0 saturated heterocycles. The Kier molecular flexibility index (Phi) is 7.12. The average Bonchev–Trinajstić information content (AvgIpc) is 2.49. The van der Waals surface area contributed by atoms with Crippen molar-refractivity contribution in [3.05, 3.63) is 11.9 Å². The van der Waals surface area contributed by atoms with E-state index in [1.807, 2.05) is 0 Å². The van der Waals surface area contributed by atoms with Crippen LogP contribution in [0, 0.1) is 0 Å². The van der Waals surface area contributed by atoms with E-state index in [0.717, 1.165) is 0 Å². The molecule has 0 spiro atoms. The lowest BCUT2D eigenvalue weighted by atomic mass is 9.82. The molecule has 0 aromatic heterocycles. The summed E-state index contributed by atoms with van der Waals surface area (Å²) in [5.74, 6) is -38.6. The second-order valence-electron chi connectivity index (χ2n) is 5.37. The lowest BCUT2D eigenvalue weighted by Gasteiger charge is -2.42. The summed E-state index contributed by atoms with van der Waals surface area (Å²) in [6.45, 7) is 0. The van der Waals surface area contributed by atoms with Crippen LogP contribution < -0.4 is 0 Å². The molecule has 19 heteroatoms. The molecule has 2 unspecified atom stereocenters.